The lowest BCUT2D eigenvalue weighted by Gasteiger charge is -2.19. The first-order valence-corrected chi connectivity index (χ1v) is 9.71. The van der Waals surface area contributed by atoms with Gasteiger partial charge in [-0.05, 0) is 30.2 Å². The third kappa shape index (κ3) is 4.64. The summed E-state index contributed by atoms with van der Waals surface area (Å²) in [5, 5.41) is 1.68. The SMILES string of the molecule is Cc1cc(OC(F)(F)F)cc2c1c(Cc1c(Cl)cc(C(C)(C)C)nc1Cl)cn2C. The Labute approximate surface area is 177 Å². The van der Waals surface area contributed by atoms with Crippen molar-refractivity contribution in [3.8, 4) is 5.75 Å². The number of rotatable bonds is 3. The van der Waals surface area contributed by atoms with Crippen molar-refractivity contribution in [3.63, 3.8) is 0 Å². The summed E-state index contributed by atoms with van der Waals surface area (Å²) in [4.78, 5) is 4.49. The average Bonchev–Trinajstić information content (AvgIpc) is 2.84. The molecule has 0 saturated carbocycles. The van der Waals surface area contributed by atoms with Crippen LogP contribution in [0.3, 0.4) is 0 Å². The summed E-state index contributed by atoms with van der Waals surface area (Å²) in [6, 6.07) is 4.57. The maximum Gasteiger partial charge on any atom is 0.573 e. The second-order valence-electron chi connectivity index (χ2n) is 8.13. The second kappa shape index (κ2) is 7.40. The molecule has 0 amide bonds. The molecule has 3 nitrogen and oxygen atoms in total. The molecule has 2 heterocycles. The van der Waals surface area contributed by atoms with Crippen LogP contribution >= 0.6 is 23.2 Å². The summed E-state index contributed by atoms with van der Waals surface area (Å²) < 4.78 is 43.7. The van der Waals surface area contributed by atoms with Crippen molar-refractivity contribution >= 4 is 34.1 Å². The van der Waals surface area contributed by atoms with Crippen LogP contribution in [0, 0.1) is 6.92 Å². The highest BCUT2D eigenvalue weighted by molar-refractivity contribution is 6.35. The minimum absolute atomic E-state index is 0.198. The van der Waals surface area contributed by atoms with Crippen molar-refractivity contribution in [2.24, 2.45) is 7.05 Å². The number of alkyl halides is 3. The Hall–Kier alpha value is -1.92. The van der Waals surface area contributed by atoms with Crippen LogP contribution in [0.5, 0.6) is 5.75 Å². The molecule has 0 N–H and O–H groups in total. The van der Waals surface area contributed by atoms with Crippen molar-refractivity contribution in [2.45, 2.75) is 45.9 Å². The Morgan fingerprint density at radius 3 is 2.31 bits per heavy atom. The van der Waals surface area contributed by atoms with Crippen molar-refractivity contribution in [1.82, 2.24) is 9.55 Å². The molecule has 1 aromatic carbocycles. The number of benzene rings is 1. The van der Waals surface area contributed by atoms with E-state index in [0.29, 0.717) is 33.2 Å². The van der Waals surface area contributed by atoms with E-state index in [1.807, 2.05) is 33.0 Å². The molecule has 0 aliphatic rings. The molecule has 0 saturated heterocycles. The van der Waals surface area contributed by atoms with Gasteiger partial charge in [0.2, 0.25) is 0 Å². The van der Waals surface area contributed by atoms with Crippen molar-refractivity contribution in [2.75, 3.05) is 0 Å². The number of pyridine rings is 1. The van der Waals surface area contributed by atoms with Crippen LogP contribution in [-0.4, -0.2) is 15.9 Å². The van der Waals surface area contributed by atoms with Gasteiger partial charge in [0.05, 0.1) is 5.52 Å². The third-order valence-electron chi connectivity index (χ3n) is 4.73. The molecule has 29 heavy (non-hydrogen) atoms. The number of ether oxygens (including phenoxy) is 1. The highest BCUT2D eigenvalue weighted by Crippen LogP contribution is 2.36. The van der Waals surface area contributed by atoms with E-state index >= 15 is 0 Å². The first-order chi connectivity index (χ1) is 13.3. The number of nitrogens with zero attached hydrogens (tertiary/aromatic N) is 2. The van der Waals surface area contributed by atoms with Gasteiger partial charge in [-0.1, -0.05) is 44.0 Å². The van der Waals surface area contributed by atoms with Gasteiger partial charge in [0.1, 0.15) is 10.9 Å². The molecule has 3 aromatic rings. The first-order valence-electron chi connectivity index (χ1n) is 8.96. The zero-order chi connectivity index (χ0) is 21.7. The fraction of sp³-hybridized carbons (Fsp3) is 0.381. The fourth-order valence-corrected chi connectivity index (χ4v) is 3.94. The van der Waals surface area contributed by atoms with Gasteiger partial charge in [-0.15, -0.1) is 13.2 Å². The van der Waals surface area contributed by atoms with E-state index in [1.54, 1.807) is 18.5 Å². The molecule has 0 aliphatic carbocycles. The zero-order valence-electron chi connectivity index (χ0n) is 16.7. The van der Waals surface area contributed by atoms with E-state index in [1.165, 1.54) is 12.1 Å². The Bertz CT molecular complexity index is 1060. The minimum atomic E-state index is -4.74. The van der Waals surface area contributed by atoms with Crippen molar-refractivity contribution in [3.05, 3.63) is 57.0 Å². The van der Waals surface area contributed by atoms with Gasteiger partial charge < -0.3 is 9.30 Å². The predicted molar refractivity (Wildman–Crippen MR) is 110 cm³/mol. The lowest BCUT2D eigenvalue weighted by molar-refractivity contribution is -0.274. The maximum atomic E-state index is 12.6. The number of hydrogen-bond acceptors (Lipinski definition) is 2. The number of halogens is 5. The Balaban J connectivity index is 2.06. The molecule has 156 valence electrons. The molecular weight excluding hydrogens is 424 g/mol. The van der Waals surface area contributed by atoms with Crippen LogP contribution in [0.25, 0.3) is 10.9 Å². The van der Waals surface area contributed by atoms with Crippen molar-refractivity contribution < 1.29 is 17.9 Å². The molecule has 0 bridgehead atoms. The molecular formula is C21H21Cl2F3N2O. The maximum absolute atomic E-state index is 12.6. The molecule has 0 spiro atoms. The van der Waals surface area contributed by atoms with Crippen LogP contribution in [0.1, 0.15) is 43.2 Å². The Kier molecular flexibility index (Phi) is 5.56. The lowest BCUT2D eigenvalue weighted by Crippen LogP contribution is -2.17. The topological polar surface area (TPSA) is 27.1 Å². The predicted octanol–water partition coefficient (Wildman–Crippen LogP) is 6.98. The molecule has 0 aliphatic heterocycles. The number of hydrogen-bond donors (Lipinski definition) is 0. The van der Waals surface area contributed by atoms with Gasteiger partial charge in [0.15, 0.2) is 0 Å². The normalized spacial score (nSPS) is 12.6. The fourth-order valence-electron chi connectivity index (χ4n) is 3.37. The molecule has 3 rings (SSSR count). The molecule has 8 heteroatoms. The summed E-state index contributed by atoms with van der Waals surface area (Å²) in [5.41, 5.74) is 3.47. The Morgan fingerprint density at radius 2 is 1.76 bits per heavy atom. The number of aryl methyl sites for hydroxylation is 2. The molecule has 0 radical (unpaired) electrons. The largest absolute Gasteiger partial charge is 0.573 e. The van der Waals surface area contributed by atoms with Gasteiger partial charge in [-0.3, -0.25) is 0 Å². The summed E-state index contributed by atoms with van der Waals surface area (Å²) in [6.45, 7) is 7.82. The van der Waals surface area contributed by atoms with Crippen LogP contribution in [0.15, 0.2) is 24.4 Å². The lowest BCUT2D eigenvalue weighted by atomic mass is 9.91. The van der Waals surface area contributed by atoms with E-state index in [-0.39, 0.29) is 11.2 Å². The highest BCUT2D eigenvalue weighted by atomic mass is 35.5. The van der Waals surface area contributed by atoms with Crippen LogP contribution in [0.2, 0.25) is 10.2 Å². The molecule has 0 unspecified atom stereocenters. The van der Waals surface area contributed by atoms with Crippen LogP contribution in [0.4, 0.5) is 13.2 Å². The molecule has 2 aromatic heterocycles. The van der Waals surface area contributed by atoms with Crippen molar-refractivity contribution in [1.29, 1.82) is 0 Å². The molecule has 0 atom stereocenters. The van der Waals surface area contributed by atoms with Gasteiger partial charge in [-0.2, -0.15) is 0 Å². The second-order valence-corrected chi connectivity index (χ2v) is 8.90. The van der Waals surface area contributed by atoms with Gasteiger partial charge in [0.25, 0.3) is 0 Å². The zero-order valence-corrected chi connectivity index (χ0v) is 18.2. The summed E-state index contributed by atoms with van der Waals surface area (Å²) in [6.07, 6.45) is -2.47. The molecule has 0 fully saturated rings. The minimum Gasteiger partial charge on any atom is -0.406 e. The number of fused-ring (bicyclic) bond motifs is 1. The third-order valence-corrected chi connectivity index (χ3v) is 5.38. The van der Waals surface area contributed by atoms with Gasteiger partial charge >= 0.3 is 6.36 Å². The van der Waals surface area contributed by atoms with E-state index in [4.69, 9.17) is 23.2 Å². The highest BCUT2D eigenvalue weighted by Gasteiger charge is 2.31. The summed E-state index contributed by atoms with van der Waals surface area (Å²) in [7, 11) is 1.77. The standard InChI is InChI=1S/C21H21Cl2F3N2O/c1-11-6-13(29-21(24,25)26)8-16-18(11)12(10-28(16)5)7-14-15(22)9-17(20(2,3)4)27-19(14)23/h6,8-10H,7H2,1-5H3. The van der Waals surface area contributed by atoms with E-state index < -0.39 is 6.36 Å². The first kappa shape index (κ1) is 21.8. The summed E-state index contributed by atoms with van der Waals surface area (Å²) >= 11 is 12.9. The summed E-state index contributed by atoms with van der Waals surface area (Å²) in [5.74, 6) is -0.248. The average molecular weight is 445 g/mol. The number of aromatic nitrogens is 2. The van der Waals surface area contributed by atoms with E-state index in [0.717, 1.165) is 16.6 Å². The van der Waals surface area contributed by atoms with Crippen LogP contribution in [-0.2, 0) is 18.9 Å². The van der Waals surface area contributed by atoms with E-state index in [2.05, 4.69) is 9.72 Å². The van der Waals surface area contributed by atoms with Gasteiger partial charge in [-0.25, -0.2) is 4.98 Å². The Morgan fingerprint density at radius 1 is 1.10 bits per heavy atom. The van der Waals surface area contributed by atoms with Crippen LogP contribution < -0.4 is 4.74 Å². The van der Waals surface area contributed by atoms with Gasteiger partial charge in [0, 0.05) is 52.8 Å². The smallest absolute Gasteiger partial charge is 0.406 e. The van der Waals surface area contributed by atoms with E-state index in [9.17, 15) is 13.2 Å². The monoisotopic (exact) mass is 444 g/mol. The quantitative estimate of drug-likeness (QED) is 0.407.